The number of esters is 2. The minimum Gasteiger partial charge on any atom is -0.420 e. The first-order valence-corrected chi connectivity index (χ1v) is 4.54. The Balaban J connectivity index is 2.73. The van der Waals surface area contributed by atoms with Gasteiger partial charge in [0.15, 0.2) is 0 Å². The van der Waals surface area contributed by atoms with Crippen molar-refractivity contribution >= 4 is 43.8 Å². The average molecular weight is 300 g/mol. The van der Waals surface area contributed by atoms with Crippen molar-refractivity contribution in [2.24, 2.45) is 0 Å². The lowest BCUT2D eigenvalue weighted by Gasteiger charge is -2.08. The maximum Gasteiger partial charge on any atom is 0.349 e. The zero-order chi connectivity index (χ0) is 9.30. The highest BCUT2D eigenvalue weighted by atomic mass is 79.9. The van der Waals surface area contributed by atoms with Gasteiger partial charge in [-0.2, -0.15) is 0 Å². The molecule has 1 atom stereocenters. The fraction of sp³-hybridized carbons (Fsp3) is 0.333. The molecule has 0 fully saturated rings. The molecular weight excluding hydrogens is 296 g/mol. The Morgan fingerprint density at radius 3 is 2.50 bits per heavy atom. The molecule has 1 aliphatic heterocycles. The average Bonchev–Trinajstić information content (AvgIpc) is 2.17. The van der Waals surface area contributed by atoms with E-state index in [4.69, 9.17) is 0 Å². The molecule has 0 aromatic heterocycles. The zero-order valence-corrected chi connectivity index (χ0v) is 9.14. The van der Waals surface area contributed by atoms with Gasteiger partial charge in [0.05, 0.1) is 4.48 Å². The van der Waals surface area contributed by atoms with Crippen LogP contribution in [0.4, 0.5) is 0 Å². The van der Waals surface area contributed by atoms with Gasteiger partial charge in [0.1, 0.15) is 4.48 Å². The summed E-state index contributed by atoms with van der Waals surface area (Å²) in [4.78, 5) is 21.3. The number of carbonyl (C=O) groups is 2. The molecule has 66 valence electrons. The standard InChI is InChI=1S/C6H4Br2O4/c1-2(9)11-6-4(8)3(7)5(10)12-6/h6H,1H3. The Morgan fingerprint density at radius 1 is 1.58 bits per heavy atom. The molecule has 0 radical (unpaired) electrons. The predicted octanol–water partition coefficient (Wildman–Crippen LogP) is 1.43. The number of cyclic esters (lactones) is 1. The first kappa shape index (κ1) is 9.73. The summed E-state index contributed by atoms with van der Waals surface area (Å²) in [5.74, 6) is -1.06. The lowest BCUT2D eigenvalue weighted by atomic mass is 10.5. The topological polar surface area (TPSA) is 52.6 Å². The van der Waals surface area contributed by atoms with E-state index in [1.807, 2.05) is 0 Å². The molecule has 12 heavy (non-hydrogen) atoms. The normalized spacial score (nSPS) is 22.6. The second kappa shape index (κ2) is 3.57. The molecule has 0 aliphatic carbocycles. The quantitative estimate of drug-likeness (QED) is 0.688. The second-order valence-corrected chi connectivity index (χ2v) is 3.66. The van der Waals surface area contributed by atoms with E-state index in [1.165, 1.54) is 6.92 Å². The molecule has 4 nitrogen and oxygen atoms in total. The number of rotatable bonds is 1. The van der Waals surface area contributed by atoms with Crippen molar-refractivity contribution < 1.29 is 19.1 Å². The summed E-state index contributed by atoms with van der Waals surface area (Å²) in [7, 11) is 0. The number of hydrogen-bond donors (Lipinski definition) is 0. The molecule has 1 aliphatic rings. The third-order valence-electron chi connectivity index (χ3n) is 1.08. The van der Waals surface area contributed by atoms with E-state index in [0.717, 1.165) is 0 Å². The van der Waals surface area contributed by atoms with Gasteiger partial charge in [-0.3, -0.25) is 4.79 Å². The first-order valence-electron chi connectivity index (χ1n) is 2.95. The van der Waals surface area contributed by atoms with Crippen molar-refractivity contribution in [1.29, 1.82) is 0 Å². The Hall–Kier alpha value is -0.360. The van der Waals surface area contributed by atoms with E-state index in [-0.39, 0.29) is 4.48 Å². The minimum atomic E-state index is -0.940. The van der Waals surface area contributed by atoms with Crippen molar-refractivity contribution in [3.05, 3.63) is 8.96 Å². The van der Waals surface area contributed by atoms with Crippen LogP contribution >= 0.6 is 31.9 Å². The fourth-order valence-corrected chi connectivity index (χ4v) is 1.26. The number of ether oxygens (including phenoxy) is 2. The minimum absolute atomic E-state index is 0.244. The largest absolute Gasteiger partial charge is 0.420 e. The molecule has 0 saturated heterocycles. The highest BCUT2D eigenvalue weighted by molar-refractivity contribution is 9.14. The van der Waals surface area contributed by atoms with Crippen LogP contribution in [0.1, 0.15) is 6.92 Å². The van der Waals surface area contributed by atoms with Crippen LogP contribution in [0, 0.1) is 0 Å². The summed E-state index contributed by atoms with van der Waals surface area (Å²) in [6, 6.07) is 0. The molecule has 0 N–H and O–H groups in total. The van der Waals surface area contributed by atoms with Crippen LogP contribution in [0.2, 0.25) is 0 Å². The lowest BCUT2D eigenvalue weighted by Crippen LogP contribution is -2.17. The van der Waals surface area contributed by atoms with Crippen molar-refractivity contribution in [2.45, 2.75) is 13.2 Å². The van der Waals surface area contributed by atoms with E-state index < -0.39 is 18.2 Å². The SMILES string of the molecule is CC(=O)OC1OC(=O)C(Br)=C1Br. The number of hydrogen-bond acceptors (Lipinski definition) is 4. The third-order valence-corrected chi connectivity index (χ3v) is 3.14. The summed E-state index contributed by atoms with van der Waals surface area (Å²) < 4.78 is 9.93. The molecule has 0 amide bonds. The fourth-order valence-electron chi connectivity index (χ4n) is 0.628. The van der Waals surface area contributed by atoms with Crippen LogP contribution in [-0.4, -0.2) is 18.2 Å². The molecule has 0 saturated carbocycles. The number of carbonyl (C=O) groups excluding carboxylic acids is 2. The lowest BCUT2D eigenvalue weighted by molar-refractivity contribution is -0.171. The maximum atomic E-state index is 10.8. The monoisotopic (exact) mass is 298 g/mol. The van der Waals surface area contributed by atoms with Crippen molar-refractivity contribution in [1.82, 2.24) is 0 Å². The molecular formula is C6H4Br2O4. The van der Waals surface area contributed by atoms with E-state index >= 15 is 0 Å². The highest BCUT2D eigenvalue weighted by Crippen LogP contribution is 2.31. The van der Waals surface area contributed by atoms with Gasteiger partial charge in [-0.15, -0.1) is 0 Å². The van der Waals surface area contributed by atoms with E-state index in [2.05, 4.69) is 41.3 Å². The summed E-state index contributed by atoms with van der Waals surface area (Å²) in [5, 5.41) is 0. The van der Waals surface area contributed by atoms with Gasteiger partial charge >= 0.3 is 11.9 Å². The summed E-state index contributed by atoms with van der Waals surface area (Å²) >= 11 is 6.01. The van der Waals surface area contributed by atoms with Crippen LogP contribution in [0.5, 0.6) is 0 Å². The summed E-state index contributed by atoms with van der Waals surface area (Å²) in [6.45, 7) is 1.24. The first-order chi connectivity index (χ1) is 5.52. The van der Waals surface area contributed by atoms with Gasteiger partial charge in [-0.1, -0.05) is 0 Å². The molecule has 0 aromatic carbocycles. The van der Waals surface area contributed by atoms with Gasteiger partial charge in [0.2, 0.25) is 0 Å². The van der Waals surface area contributed by atoms with Gasteiger partial charge in [0, 0.05) is 6.92 Å². The Kier molecular flexibility index (Phi) is 2.89. The van der Waals surface area contributed by atoms with Crippen LogP contribution in [0.15, 0.2) is 8.96 Å². The smallest absolute Gasteiger partial charge is 0.349 e. The van der Waals surface area contributed by atoms with Gasteiger partial charge in [-0.05, 0) is 31.9 Å². The highest BCUT2D eigenvalue weighted by Gasteiger charge is 2.33. The Morgan fingerprint density at radius 2 is 2.17 bits per heavy atom. The molecule has 0 bridgehead atoms. The molecule has 1 unspecified atom stereocenters. The van der Waals surface area contributed by atoms with Crippen LogP contribution in [-0.2, 0) is 19.1 Å². The van der Waals surface area contributed by atoms with Gasteiger partial charge < -0.3 is 9.47 Å². The predicted molar refractivity (Wildman–Crippen MR) is 46.5 cm³/mol. The van der Waals surface area contributed by atoms with Gasteiger partial charge in [0.25, 0.3) is 6.29 Å². The van der Waals surface area contributed by atoms with Gasteiger partial charge in [-0.25, -0.2) is 4.79 Å². The van der Waals surface area contributed by atoms with Crippen LogP contribution in [0.25, 0.3) is 0 Å². The van der Waals surface area contributed by atoms with E-state index in [9.17, 15) is 9.59 Å². The Bertz CT molecular complexity index is 271. The molecule has 0 aromatic rings. The summed E-state index contributed by atoms with van der Waals surface area (Å²) in [6.07, 6.45) is -0.940. The molecule has 6 heteroatoms. The Labute approximate surface area is 85.2 Å². The van der Waals surface area contributed by atoms with Crippen molar-refractivity contribution in [3.63, 3.8) is 0 Å². The zero-order valence-electron chi connectivity index (χ0n) is 5.97. The maximum absolute atomic E-state index is 10.8. The van der Waals surface area contributed by atoms with Crippen molar-refractivity contribution in [2.75, 3.05) is 0 Å². The van der Waals surface area contributed by atoms with E-state index in [1.54, 1.807) is 0 Å². The summed E-state index contributed by atoms with van der Waals surface area (Å²) in [5.41, 5.74) is 0. The molecule has 0 spiro atoms. The molecule has 1 rings (SSSR count). The van der Waals surface area contributed by atoms with E-state index in [0.29, 0.717) is 4.48 Å². The van der Waals surface area contributed by atoms with Crippen LogP contribution in [0.3, 0.4) is 0 Å². The second-order valence-electron chi connectivity index (χ2n) is 2.01. The number of halogens is 2. The van der Waals surface area contributed by atoms with Crippen molar-refractivity contribution in [3.8, 4) is 0 Å². The molecule has 1 heterocycles. The third kappa shape index (κ3) is 1.87. The van der Waals surface area contributed by atoms with Crippen LogP contribution < -0.4 is 0 Å².